The molecule has 28 heavy (non-hydrogen) atoms. The lowest BCUT2D eigenvalue weighted by Crippen LogP contribution is -2.45. The molecule has 1 amide bonds. The molecular formula is C19H23ClN2O5S. The van der Waals surface area contributed by atoms with Gasteiger partial charge in [0.05, 0.1) is 35.3 Å². The predicted molar refractivity (Wildman–Crippen MR) is 105 cm³/mol. The Morgan fingerprint density at radius 2 is 2.21 bits per heavy atom. The van der Waals surface area contributed by atoms with Crippen LogP contribution in [0.3, 0.4) is 0 Å². The number of hydrogen-bond donors (Lipinski definition) is 1. The summed E-state index contributed by atoms with van der Waals surface area (Å²) in [7, 11) is -3.75. The molecule has 152 valence electrons. The second-order valence-electron chi connectivity index (χ2n) is 6.52. The van der Waals surface area contributed by atoms with E-state index in [2.05, 4.69) is 5.32 Å². The molecule has 0 bridgehead atoms. The topological polar surface area (TPSA) is 88.9 Å². The first-order valence-corrected chi connectivity index (χ1v) is 11.0. The van der Waals surface area contributed by atoms with Gasteiger partial charge in [0.25, 0.3) is 0 Å². The molecule has 1 aliphatic heterocycles. The molecule has 1 atom stereocenters. The summed E-state index contributed by atoms with van der Waals surface area (Å²) in [5.41, 5.74) is 0. The van der Waals surface area contributed by atoms with Crippen molar-refractivity contribution in [1.82, 2.24) is 9.62 Å². The minimum atomic E-state index is -3.75. The zero-order valence-corrected chi connectivity index (χ0v) is 17.1. The van der Waals surface area contributed by atoms with E-state index in [1.54, 1.807) is 24.5 Å². The van der Waals surface area contributed by atoms with Gasteiger partial charge in [0.1, 0.15) is 11.5 Å². The highest BCUT2D eigenvalue weighted by atomic mass is 35.5. The molecule has 1 aliphatic rings. The maximum absolute atomic E-state index is 13.0. The number of amides is 1. The van der Waals surface area contributed by atoms with Crippen molar-refractivity contribution >= 4 is 27.5 Å². The first-order valence-electron chi connectivity index (χ1n) is 9.14. The summed E-state index contributed by atoms with van der Waals surface area (Å²) < 4.78 is 37.9. The van der Waals surface area contributed by atoms with E-state index in [1.807, 2.05) is 6.92 Å². The van der Waals surface area contributed by atoms with Crippen LogP contribution in [0.2, 0.25) is 5.02 Å². The van der Waals surface area contributed by atoms with Crippen molar-refractivity contribution < 1.29 is 22.4 Å². The molecule has 0 aliphatic carbocycles. The van der Waals surface area contributed by atoms with Crippen LogP contribution < -0.4 is 10.1 Å². The minimum absolute atomic E-state index is 0.0950. The monoisotopic (exact) mass is 426 g/mol. The molecule has 0 spiro atoms. The SMILES string of the molecule is CCOc1ccc(S(=O)(=O)N2CCC[C@@H](C(=O)NCc3ccco3)C2)cc1Cl. The van der Waals surface area contributed by atoms with Crippen molar-refractivity contribution in [1.29, 1.82) is 0 Å². The number of benzene rings is 1. The van der Waals surface area contributed by atoms with Crippen molar-refractivity contribution in [3.63, 3.8) is 0 Å². The van der Waals surface area contributed by atoms with Crippen molar-refractivity contribution in [3.05, 3.63) is 47.4 Å². The molecule has 3 rings (SSSR count). The van der Waals surface area contributed by atoms with Gasteiger partial charge in [0.15, 0.2) is 0 Å². The van der Waals surface area contributed by atoms with E-state index in [1.165, 1.54) is 16.4 Å². The Morgan fingerprint density at radius 3 is 2.89 bits per heavy atom. The fourth-order valence-electron chi connectivity index (χ4n) is 3.17. The summed E-state index contributed by atoms with van der Waals surface area (Å²) in [4.78, 5) is 12.6. The number of piperidine rings is 1. The van der Waals surface area contributed by atoms with Gasteiger partial charge in [-0.1, -0.05) is 11.6 Å². The van der Waals surface area contributed by atoms with Crippen molar-refractivity contribution in [2.75, 3.05) is 19.7 Å². The van der Waals surface area contributed by atoms with E-state index < -0.39 is 15.9 Å². The Bertz CT molecular complexity index is 914. The summed E-state index contributed by atoms with van der Waals surface area (Å²) in [6.45, 7) is 3.05. The molecule has 9 heteroatoms. The molecule has 0 saturated carbocycles. The van der Waals surface area contributed by atoms with E-state index in [0.717, 1.165) is 0 Å². The minimum Gasteiger partial charge on any atom is -0.492 e. The first-order chi connectivity index (χ1) is 13.4. The lowest BCUT2D eigenvalue weighted by molar-refractivity contribution is -0.126. The van der Waals surface area contributed by atoms with Crippen LogP contribution in [0.4, 0.5) is 0 Å². The molecule has 1 fully saturated rings. The average Bonchev–Trinajstić information content (AvgIpc) is 3.21. The standard InChI is InChI=1S/C19H23ClN2O5S/c1-2-26-18-8-7-16(11-17(18)20)28(24,25)22-9-3-5-14(13-22)19(23)21-12-15-6-4-10-27-15/h4,6-8,10-11,14H,2-3,5,9,12-13H2,1H3,(H,21,23)/t14-/m1/s1. The van der Waals surface area contributed by atoms with Crippen LogP contribution in [0.25, 0.3) is 0 Å². The Labute approximate surface area is 169 Å². The quantitative estimate of drug-likeness (QED) is 0.735. The molecule has 1 aromatic carbocycles. The summed E-state index contributed by atoms with van der Waals surface area (Å²) in [6, 6.07) is 7.94. The second kappa shape index (κ2) is 8.98. The maximum atomic E-state index is 13.0. The van der Waals surface area contributed by atoms with Crippen LogP contribution >= 0.6 is 11.6 Å². The number of nitrogens with zero attached hydrogens (tertiary/aromatic N) is 1. The van der Waals surface area contributed by atoms with Crippen LogP contribution in [-0.4, -0.2) is 38.3 Å². The average molecular weight is 427 g/mol. The molecule has 2 aromatic rings. The van der Waals surface area contributed by atoms with Crippen LogP contribution in [0.5, 0.6) is 5.75 Å². The summed E-state index contributed by atoms with van der Waals surface area (Å²) >= 11 is 6.14. The number of rotatable bonds is 7. The summed E-state index contributed by atoms with van der Waals surface area (Å²) in [6.07, 6.45) is 2.79. The van der Waals surface area contributed by atoms with E-state index in [9.17, 15) is 13.2 Å². The van der Waals surface area contributed by atoms with Gasteiger partial charge in [-0.3, -0.25) is 4.79 Å². The third-order valence-electron chi connectivity index (χ3n) is 4.61. The Morgan fingerprint density at radius 1 is 1.39 bits per heavy atom. The van der Waals surface area contributed by atoms with Gasteiger partial charge in [0.2, 0.25) is 15.9 Å². The third-order valence-corrected chi connectivity index (χ3v) is 6.77. The summed E-state index contributed by atoms with van der Waals surface area (Å²) in [5, 5.41) is 3.05. The number of furan rings is 1. The van der Waals surface area contributed by atoms with Gasteiger partial charge < -0.3 is 14.5 Å². The van der Waals surface area contributed by atoms with Crippen molar-refractivity contribution in [3.8, 4) is 5.75 Å². The van der Waals surface area contributed by atoms with Crippen molar-refractivity contribution in [2.24, 2.45) is 5.92 Å². The van der Waals surface area contributed by atoms with Crippen LogP contribution in [0, 0.1) is 5.92 Å². The Balaban J connectivity index is 1.68. The maximum Gasteiger partial charge on any atom is 0.243 e. The zero-order chi connectivity index (χ0) is 20.1. The molecule has 7 nitrogen and oxygen atoms in total. The van der Waals surface area contributed by atoms with Crippen LogP contribution in [0.15, 0.2) is 45.9 Å². The fraction of sp³-hybridized carbons (Fsp3) is 0.421. The van der Waals surface area contributed by atoms with Crippen LogP contribution in [-0.2, 0) is 21.4 Å². The van der Waals surface area contributed by atoms with Gasteiger partial charge in [-0.25, -0.2) is 8.42 Å². The smallest absolute Gasteiger partial charge is 0.243 e. The second-order valence-corrected chi connectivity index (χ2v) is 8.87. The van der Waals surface area contributed by atoms with E-state index in [4.69, 9.17) is 20.8 Å². The normalized spacial score (nSPS) is 18.0. The number of sulfonamides is 1. The Kier molecular flexibility index (Phi) is 6.64. The van der Waals surface area contributed by atoms with Gasteiger partial charge >= 0.3 is 0 Å². The van der Waals surface area contributed by atoms with E-state index in [-0.39, 0.29) is 28.9 Å². The lowest BCUT2D eigenvalue weighted by Gasteiger charge is -2.31. The van der Waals surface area contributed by atoms with Crippen LogP contribution in [0.1, 0.15) is 25.5 Å². The van der Waals surface area contributed by atoms with Gasteiger partial charge in [0, 0.05) is 13.1 Å². The number of carbonyl (C=O) groups is 1. The summed E-state index contributed by atoms with van der Waals surface area (Å²) in [5.74, 6) is 0.507. The fourth-order valence-corrected chi connectivity index (χ4v) is 5.02. The van der Waals surface area contributed by atoms with E-state index in [0.29, 0.717) is 37.5 Å². The Hall–Kier alpha value is -2.03. The molecule has 1 saturated heterocycles. The van der Waals surface area contributed by atoms with Gasteiger partial charge in [-0.2, -0.15) is 4.31 Å². The van der Waals surface area contributed by atoms with Crippen molar-refractivity contribution in [2.45, 2.75) is 31.2 Å². The molecule has 0 radical (unpaired) electrons. The first kappa shape index (κ1) is 20.7. The molecule has 1 aromatic heterocycles. The highest BCUT2D eigenvalue weighted by Crippen LogP contribution is 2.30. The number of nitrogens with one attached hydrogen (secondary N) is 1. The number of halogens is 1. The highest BCUT2D eigenvalue weighted by molar-refractivity contribution is 7.89. The number of carbonyl (C=O) groups excluding carboxylic acids is 1. The lowest BCUT2D eigenvalue weighted by atomic mass is 9.99. The molecular weight excluding hydrogens is 404 g/mol. The van der Waals surface area contributed by atoms with E-state index >= 15 is 0 Å². The van der Waals surface area contributed by atoms with Gasteiger partial charge in [-0.15, -0.1) is 0 Å². The van der Waals surface area contributed by atoms with Gasteiger partial charge in [-0.05, 0) is 50.1 Å². The zero-order valence-electron chi connectivity index (χ0n) is 15.6. The molecule has 0 unspecified atom stereocenters. The highest BCUT2D eigenvalue weighted by Gasteiger charge is 2.33. The molecule has 1 N–H and O–H groups in total. The third kappa shape index (κ3) is 4.68. The predicted octanol–water partition coefficient (Wildman–Crippen LogP) is 3.05. The largest absolute Gasteiger partial charge is 0.492 e. The number of hydrogen-bond acceptors (Lipinski definition) is 5. The number of ether oxygens (including phenoxy) is 1. The molecule has 2 heterocycles.